The van der Waals surface area contributed by atoms with Crippen LogP contribution < -0.4 is 10.2 Å². The van der Waals surface area contributed by atoms with Crippen LogP contribution in [0.25, 0.3) is 0 Å². The lowest BCUT2D eigenvalue weighted by atomic mass is 10.1. The van der Waals surface area contributed by atoms with E-state index in [2.05, 4.69) is 22.1 Å². The molecule has 110 valence electrons. The minimum absolute atomic E-state index is 0.210. The smallest absolute Gasteiger partial charge is 0.125 e. The highest BCUT2D eigenvalue weighted by atomic mass is 19.1. The van der Waals surface area contributed by atoms with Crippen molar-refractivity contribution in [2.24, 2.45) is 0 Å². The fourth-order valence-electron chi connectivity index (χ4n) is 2.50. The second-order valence-corrected chi connectivity index (χ2v) is 5.38. The van der Waals surface area contributed by atoms with Gasteiger partial charge in [0.05, 0.1) is 0 Å². The van der Waals surface area contributed by atoms with E-state index in [1.807, 2.05) is 18.3 Å². The molecule has 3 nitrogen and oxygen atoms in total. The summed E-state index contributed by atoms with van der Waals surface area (Å²) in [6.45, 7) is 3.66. The number of halogens is 1. The number of hydrogen-bond donors (Lipinski definition) is 1. The molecule has 4 heteroatoms. The predicted octanol–water partition coefficient (Wildman–Crippen LogP) is 3.63. The summed E-state index contributed by atoms with van der Waals surface area (Å²) in [5.41, 5.74) is 3.11. The van der Waals surface area contributed by atoms with Gasteiger partial charge in [-0.15, -0.1) is 0 Å². The summed E-state index contributed by atoms with van der Waals surface area (Å²) in [5.74, 6) is -0.210. The monoisotopic (exact) mass is 285 g/mol. The molecule has 1 saturated carbocycles. The van der Waals surface area contributed by atoms with Crippen molar-refractivity contribution in [2.45, 2.75) is 32.4 Å². The van der Waals surface area contributed by atoms with E-state index in [1.54, 1.807) is 18.3 Å². The summed E-state index contributed by atoms with van der Waals surface area (Å²) in [7, 11) is 0. The molecule has 3 rings (SSSR count). The largest absolute Gasteiger partial charge is 0.341 e. The maximum Gasteiger partial charge on any atom is 0.125 e. The van der Waals surface area contributed by atoms with Gasteiger partial charge in [0.15, 0.2) is 0 Å². The van der Waals surface area contributed by atoms with Crippen molar-refractivity contribution < 1.29 is 4.39 Å². The van der Waals surface area contributed by atoms with Crippen LogP contribution in [-0.2, 0) is 6.54 Å². The molecule has 1 fully saturated rings. The fraction of sp³-hybridized carbons (Fsp3) is 0.353. The van der Waals surface area contributed by atoms with Crippen molar-refractivity contribution in [2.75, 3.05) is 11.4 Å². The number of nitrogens with one attached hydrogen (secondary N) is 1. The lowest BCUT2D eigenvalue weighted by molar-refractivity contribution is 0.627. The SMILES string of the molecule is CCN(c1cccc(F)c1)c1ccncc1CNC1CC1. The van der Waals surface area contributed by atoms with Gasteiger partial charge in [0.2, 0.25) is 0 Å². The molecule has 0 amide bonds. The number of hydrogen-bond acceptors (Lipinski definition) is 3. The van der Waals surface area contributed by atoms with Crippen LogP contribution in [0, 0.1) is 5.82 Å². The Morgan fingerprint density at radius 3 is 2.90 bits per heavy atom. The second-order valence-electron chi connectivity index (χ2n) is 5.38. The van der Waals surface area contributed by atoms with Gasteiger partial charge in [-0.05, 0) is 44.0 Å². The maximum atomic E-state index is 13.5. The molecule has 0 bridgehead atoms. The van der Waals surface area contributed by atoms with Crippen LogP contribution in [0.1, 0.15) is 25.3 Å². The molecular formula is C17H20FN3. The zero-order valence-corrected chi connectivity index (χ0v) is 12.2. The van der Waals surface area contributed by atoms with E-state index in [-0.39, 0.29) is 5.82 Å². The summed E-state index contributed by atoms with van der Waals surface area (Å²) in [6.07, 6.45) is 6.21. The van der Waals surface area contributed by atoms with Crippen molar-refractivity contribution in [3.05, 3.63) is 54.1 Å². The first-order chi connectivity index (χ1) is 10.3. The van der Waals surface area contributed by atoms with E-state index >= 15 is 0 Å². The summed E-state index contributed by atoms with van der Waals surface area (Å²) >= 11 is 0. The van der Waals surface area contributed by atoms with Crippen LogP contribution in [0.4, 0.5) is 15.8 Å². The van der Waals surface area contributed by atoms with E-state index < -0.39 is 0 Å². The normalized spacial score (nSPS) is 14.2. The molecule has 1 N–H and O–H groups in total. The number of pyridine rings is 1. The summed E-state index contributed by atoms with van der Waals surface area (Å²) in [6, 6.07) is 9.38. The van der Waals surface area contributed by atoms with Crippen molar-refractivity contribution in [3.63, 3.8) is 0 Å². The molecule has 1 aromatic carbocycles. The Balaban J connectivity index is 1.88. The molecule has 0 radical (unpaired) electrons. The van der Waals surface area contributed by atoms with Crippen LogP contribution in [-0.4, -0.2) is 17.6 Å². The topological polar surface area (TPSA) is 28.2 Å². The van der Waals surface area contributed by atoms with Gasteiger partial charge in [-0.2, -0.15) is 0 Å². The van der Waals surface area contributed by atoms with Crippen LogP contribution >= 0.6 is 0 Å². The Labute approximate surface area is 124 Å². The molecular weight excluding hydrogens is 265 g/mol. The molecule has 0 atom stereocenters. The third kappa shape index (κ3) is 3.39. The fourth-order valence-corrected chi connectivity index (χ4v) is 2.50. The highest BCUT2D eigenvalue weighted by Gasteiger charge is 2.21. The van der Waals surface area contributed by atoms with Crippen LogP contribution in [0.3, 0.4) is 0 Å². The lowest BCUT2D eigenvalue weighted by Crippen LogP contribution is -2.21. The Morgan fingerprint density at radius 2 is 2.19 bits per heavy atom. The van der Waals surface area contributed by atoms with Gasteiger partial charge in [0, 0.05) is 48.5 Å². The Kier molecular flexibility index (Phi) is 4.15. The van der Waals surface area contributed by atoms with Gasteiger partial charge in [-0.3, -0.25) is 4.98 Å². The Hall–Kier alpha value is -1.94. The van der Waals surface area contributed by atoms with Gasteiger partial charge in [-0.1, -0.05) is 6.07 Å². The van der Waals surface area contributed by atoms with Gasteiger partial charge in [-0.25, -0.2) is 4.39 Å². The standard InChI is InChI=1S/C17H20FN3/c1-2-21(16-5-3-4-14(18)10-16)17-8-9-19-11-13(17)12-20-15-6-7-15/h3-5,8-11,15,20H,2,6-7,12H2,1H3. The van der Waals surface area contributed by atoms with Gasteiger partial charge >= 0.3 is 0 Å². The summed E-state index contributed by atoms with van der Waals surface area (Å²) in [4.78, 5) is 6.35. The molecule has 21 heavy (non-hydrogen) atoms. The van der Waals surface area contributed by atoms with Crippen molar-refractivity contribution in [3.8, 4) is 0 Å². The molecule has 1 heterocycles. The Morgan fingerprint density at radius 1 is 1.33 bits per heavy atom. The molecule has 0 aliphatic heterocycles. The zero-order valence-electron chi connectivity index (χ0n) is 12.2. The molecule has 1 aliphatic rings. The highest BCUT2D eigenvalue weighted by Crippen LogP contribution is 2.29. The van der Waals surface area contributed by atoms with Crippen LogP contribution in [0.2, 0.25) is 0 Å². The van der Waals surface area contributed by atoms with E-state index in [9.17, 15) is 4.39 Å². The quantitative estimate of drug-likeness (QED) is 0.878. The third-order valence-corrected chi connectivity index (χ3v) is 3.76. The average Bonchev–Trinajstić information content (AvgIpc) is 3.31. The number of aromatic nitrogens is 1. The second kappa shape index (κ2) is 6.22. The molecule has 1 aromatic heterocycles. The summed E-state index contributed by atoms with van der Waals surface area (Å²) in [5, 5.41) is 3.51. The number of nitrogens with zero attached hydrogens (tertiary/aromatic N) is 2. The lowest BCUT2D eigenvalue weighted by Gasteiger charge is -2.26. The molecule has 0 saturated heterocycles. The van der Waals surface area contributed by atoms with Gasteiger partial charge in [0.1, 0.15) is 5.82 Å². The third-order valence-electron chi connectivity index (χ3n) is 3.76. The first-order valence-electron chi connectivity index (χ1n) is 7.47. The number of benzene rings is 1. The highest BCUT2D eigenvalue weighted by molar-refractivity contribution is 5.65. The molecule has 2 aromatic rings. The number of rotatable bonds is 6. The van der Waals surface area contributed by atoms with Crippen LogP contribution in [0.15, 0.2) is 42.7 Å². The van der Waals surface area contributed by atoms with Crippen LogP contribution in [0.5, 0.6) is 0 Å². The van der Waals surface area contributed by atoms with Gasteiger partial charge < -0.3 is 10.2 Å². The van der Waals surface area contributed by atoms with Crippen molar-refractivity contribution in [1.29, 1.82) is 0 Å². The van der Waals surface area contributed by atoms with E-state index in [0.29, 0.717) is 6.04 Å². The minimum atomic E-state index is -0.210. The van der Waals surface area contributed by atoms with Crippen molar-refractivity contribution >= 4 is 11.4 Å². The predicted molar refractivity (Wildman–Crippen MR) is 83.2 cm³/mol. The summed E-state index contributed by atoms with van der Waals surface area (Å²) < 4.78 is 13.5. The van der Waals surface area contributed by atoms with E-state index in [1.165, 1.54) is 18.9 Å². The molecule has 0 spiro atoms. The molecule has 0 unspecified atom stereocenters. The number of anilines is 2. The van der Waals surface area contributed by atoms with E-state index in [4.69, 9.17) is 0 Å². The first-order valence-corrected chi connectivity index (χ1v) is 7.47. The average molecular weight is 285 g/mol. The van der Waals surface area contributed by atoms with E-state index in [0.717, 1.165) is 30.0 Å². The van der Waals surface area contributed by atoms with Crippen molar-refractivity contribution in [1.82, 2.24) is 10.3 Å². The molecule has 1 aliphatic carbocycles. The Bertz CT molecular complexity index is 610. The minimum Gasteiger partial charge on any atom is -0.341 e. The maximum absolute atomic E-state index is 13.5. The first kappa shape index (κ1) is 14.0. The zero-order chi connectivity index (χ0) is 14.7. The van der Waals surface area contributed by atoms with Gasteiger partial charge in [0.25, 0.3) is 0 Å².